The number of guanidine groups is 1. The Bertz CT molecular complexity index is 720. The number of hydrogen-bond donors (Lipinski definition) is 2. The summed E-state index contributed by atoms with van der Waals surface area (Å²) in [5, 5.41) is 6.66. The molecule has 0 aliphatic rings. The zero-order valence-corrected chi connectivity index (χ0v) is 18.8. The zero-order chi connectivity index (χ0) is 18.8. The van der Waals surface area contributed by atoms with Crippen molar-refractivity contribution in [3.63, 3.8) is 0 Å². The van der Waals surface area contributed by atoms with Crippen molar-refractivity contribution in [3.8, 4) is 5.75 Å². The van der Waals surface area contributed by atoms with E-state index >= 15 is 0 Å². The van der Waals surface area contributed by atoms with E-state index in [1.807, 2.05) is 38.1 Å². The third kappa shape index (κ3) is 8.17. The Kier molecular flexibility index (Phi) is 10.8. The normalized spacial score (nSPS) is 11.1. The van der Waals surface area contributed by atoms with Crippen molar-refractivity contribution < 1.29 is 9.47 Å². The predicted molar refractivity (Wildman–Crippen MR) is 122 cm³/mol. The maximum Gasteiger partial charge on any atom is 0.191 e. The molecule has 2 rings (SSSR count). The van der Waals surface area contributed by atoms with Gasteiger partial charge in [0.15, 0.2) is 5.96 Å². The summed E-state index contributed by atoms with van der Waals surface area (Å²) in [7, 11) is 3.45. The van der Waals surface area contributed by atoms with Gasteiger partial charge in [0.05, 0.1) is 19.8 Å². The molecule has 0 radical (unpaired) electrons. The highest BCUT2D eigenvalue weighted by atomic mass is 127. The van der Waals surface area contributed by atoms with E-state index in [0.717, 1.165) is 17.3 Å². The number of ether oxygens (including phenoxy) is 2. The van der Waals surface area contributed by atoms with E-state index in [-0.39, 0.29) is 30.1 Å². The second-order valence-corrected chi connectivity index (χ2v) is 6.27. The van der Waals surface area contributed by atoms with Crippen LogP contribution in [-0.4, -0.2) is 26.2 Å². The second-order valence-electron chi connectivity index (χ2n) is 6.27. The van der Waals surface area contributed by atoms with Gasteiger partial charge in [-0.15, -0.1) is 24.0 Å². The van der Waals surface area contributed by atoms with Crippen molar-refractivity contribution in [2.75, 3.05) is 14.2 Å². The summed E-state index contributed by atoms with van der Waals surface area (Å²) < 4.78 is 11.1. The number of aliphatic imine (C=N–C) groups is 1. The first-order chi connectivity index (χ1) is 12.6. The average Bonchev–Trinajstić information content (AvgIpc) is 2.67. The summed E-state index contributed by atoms with van der Waals surface area (Å²) in [5.41, 5.74) is 3.45. The van der Waals surface area contributed by atoms with Crippen molar-refractivity contribution >= 4 is 29.9 Å². The van der Waals surface area contributed by atoms with Crippen molar-refractivity contribution in [3.05, 3.63) is 65.2 Å². The summed E-state index contributed by atoms with van der Waals surface area (Å²) in [6, 6.07) is 16.4. The van der Waals surface area contributed by atoms with Gasteiger partial charge in [-0.2, -0.15) is 0 Å². The minimum Gasteiger partial charge on any atom is -0.496 e. The maximum absolute atomic E-state index is 5.67. The fourth-order valence-electron chi connectivity index (χ4n) is 2.53. The van der Waals surface area contributed by atoms with Crippen molar-refractivity contribution in [2.45, 2.75) is 39.6 Å². The number of methoxy groups -OCH3 is 1. The summed E-state index contributed by atoms with van der Waals surface area (Å²) >= 11 is 0. The van der Waals surface area contributed by atoms with Crippen molar-refractivity contribution in [1.29, 1.82) is 0 Å². The zero-order valence-electron chi connectivity index (χ0n) is 16.5. The first kappa shape index (κ1) is 23.2. The van der Waals surface area contributed by atoms with E-state index in [1.54, 1.807) is 14.2 Å². The van der Waals surface area contributed by atoms with E-state index in [4.69, 9.17) is 9.47 Å². The largest absolute Gasteiger partial charge is 0.496 e. The standard InChI is InChI=1S/C21H29N3O2.HI/c1-16(2)26-15-18-9-7-8-17(12-18)13-23-21(22-3)24-14-19-10-5-6-11-20(19)25-4;/h5-12,16H,13-15H2,1-4H3,(H2,22,23,24);1H. The molecule has 148 valence electrons. The van der Waals surface area contributed by atoms with Crippen LogP contribution in [0.25, 0.3) is 0 Å². The van der Waals surface area contributed by atoms with E-state index in [0.29, 0.717) is 19.7 Å². The lowest BCUT2D eigenvalue weighted by Crippen LogP contribution is -2.36. The minimum atomic E-state index is 0. The topological polar surface area (TPSA) is 54.9 Å². The molecule has 2 N–H and O–H groups in total. The first-order valence-corrected chi connectivity index (χ1v) is 8.88. The highest BCUT2D eigenvalue weighted by Gasteiger charge is 2.04. The molecule has 0 bridgehead atoms. The Morgan fingerprint density at radius 1 is 1.00 bits per heavy atom. The van der Waals surface area contributed by atoms with E-state index in [1.165, 1.54) is 11.1 Å². The number of nitrogens with one attached hydrogen (secondary N) is 2. The fraction of sp³-hybridized carbons (Fsp3) is 0.381. The summed E-state index contributed by atoms with van der Waals surface area (Å²) in [5.74, 6) is 1.62. The monoisotopic (exact) mass is 483 g/mol. The number of rotatable bonds is 8. The fourth-order valence-corrected chi connectivity index (χ4v) is 2.53. The van der Waals surface area contributed by atoms with Crippen LogP contribution in [0.15, 0.2) is 53.5 Å². The lowest BCUT2D eigenvalue weighted by atomic mass is 10.1. The van der Waals surface area contributed by atoms with Crippen LogP contribution in [-0.2, 0) is 24.4 Å². The van der Waals surface area contributed by atoms with E-state index in [2.05, 4.69) is 39.9 Å². The van der Waals surface area contributed by atoms with Gasteiger partial charge in [0.2, 0.25) is 0 Å². The molecular weight excluding hydrogens is 453 g/mol. The van der Waals surface area contributed by atoms with Gasteiger partial charge in [-0.3, -0.25) is 4.99 Å². The Morgan fingerprint density at radius 3 is 2.41 bits per heavy atom. The second kappa shape index (κ2) is 12.6. The van der Waals surface area contributed by atoms with Crippen LogP contribution in [0.2, 0.25) is 0 Å². The quantitative estimate of drug-likeness (QED) is 0.337. The molecule has 0 aliphatic heterocycles. The average molecular weight is 483 g/mol. The molecule has 0 aliphatic carbocycles. The number of hydrogen-bond acceptors (Lipinski definition) is 3. The van der Waals surface area contributed by atoms with E-state index in [9.17, 15) is 0 Å². The molecule has 0 fully saturated rings. The van der Waals surface area contributed by atoms with Crippen LogP contribution in [0.3, 0.4) is 0 Å². The molecule has 0 atom stereocenters. The third-order valence-electron chi connectivity index (χ3n) is 3.90. The van der Waals surface area contributed by atoms with Crippen molar-refractivity contribution in [1.82, 2.24) is 10.6 Å². The lowest BCUT2D eigenvalue weighted by Gasteiger charge is -2.14. The van der Waals surface area contributed by atoms with Gasteiger partial charge in [-0.25, -0.2) is 0 Å². The SMILES string of the molecule is CN=C(NCc1cccc(COC(C)C)c1)NCc1ccccc1OC.I. The summed E-state index contributed by atoms with van der Waals surface area (Å²) in [6.07, 6.45) is 0.231. The van der Waals surface area contributed by atoms with Crippen LogP contribution in [0.5, 0.6) is 5.75 Å². The molecule has 0 spiro atoms. The molecule has 0 amide bonds. The third-order valence-corrected chi connectivity index (χ3v) is 3.90. The molecule has 27 heavy (non-hydrogen) atoms. The molecule has 0 aromatic heterocycles. The highest BCUT2D eigenvalue weighted by Crippen LogP contribution is 2.16. The number of nitrogens with zero attached hydrogens (tertiary/aromatic N) is 1. The Hall–Kier alpha value is -1.80. The van der Waals surface area contributed by atoms with Crippen LogP contribution in [0.1, 0.15) is 30.5 Å². The Labute approximate surface area is 179 Å². The Balaban J connectivity index is 0.00000364. The van der Waals surface area contributed by atoms with Gasteiger partial charge in [0.25, 0.3) is 0 Å². The predicted octanol–water partition coefficient (Wildman–Crippen LogP) is 4.10. The smallest absolute Gasteiger partial charge is 0.191 e. The molecule has 2 aromatic rings. The van der Waals surface area contributed by atoms with Crippen molar-refractivity contribution in [2.24, 2.45) is 4.99 Å². The molecule has 2 aromatic carbocycles. The molecule has 5 nitrogen and oxygen atoms in total. The molecule has 6 heteroatoms. The molecule has 0 saturated carbocycles. The Morgan fingerprint density at radius 2 is 1.70 bits per heavy atom. The molecular formula is C21H30IN3O2. The van der Waals surface area contributed by atoms with Gasteiger partial charge < -0.3 is 20.1 Å². The summed E-state index contributed by atoms with van der Waals surface area (Å²) in [4.78, 5) is 4.28. The number of para-hydroxylation sites is 1. The van der Waals surface area contributed by atoms with Crippen LogP contribution < -0.4 is 15.4 Å². The van der Waals surface area contributed by atoms with Crippen LogP contribution in [0.4, 0.5) is 0 Å². The van der Waals surface area contributed by atoms with Crippen LogP contribution in [0, 0.1) is 0 Å². The van der Waals surface area contributed by atoms with Gasteiger partial charge in [-0.05, 0) is 31.0 Å². The van der Waals surface area contributed by atoms with Gasteiger partial charge in [-0.1, -0.05) is 42.5 Å². The number of halogens is 1. The number of benzene rings is 2. The molecule has 0 heterocycles. The highest BCUT2D eigenvalue weighted by molar-refractivity contribution is 14.0. The van der Waals surface area contributed by atoms with Gasteiger partial charge in [0, 0.05) is 25.7 Å². The molecule has 0 unspecified atom stereocenters. The first-order valence-electron chi connectivity index (χ1n) is 8.88. The van der Waals surface area contributed by atoms with Gasteiger partial charge in [0.1, 0.15) is 5.75 Å². The molecule has 0 saturated heterocycles. The minimum absolute atomic E-state index is 0. The summed E-state index contributed by atoms with van der Waals surface area (Å²) in [6.45, 7) is 6.06. The maximum atomic E-state index is 5.67. The van der Waals surface area contributed by atoms with Gasteiger partial charge >= 0.3 is 0 Å². The van der Waals surface area contributed by atoms with E-state index < -0.39 is 0 Å². The van der Waals surface area contributed by atoms with Crippen LogP contribution >= 0.6 is 24.0 Å². The lowest BCUT2D eigenvalue weighted by molar-refractivity contribution is 0.0657.